The summed E-state index contributed by atoms with van der Waals surface area (Å²) in [5.41, 5.74) is 0.257. The fraction of sp³-hybridized carbons (Fsp3) is 0.520. The predicted octanol–water partition coefficient (Wildman–Crippen LogP) is 4.11. The van der Waals surface area contributed by atoms with Crippen molar-refractivity contribution in [3.63, 3.8) is 0 Å². The van der Waals surface area contributed by atoms with E-state index in [1.807, 2.05) is 4.90 Å². The van der Waals surface area contributed by atoms with Crippen molar-refractivity contribution in [3.8, 4) is 17.5 Å². The molecule has 8 heteroatoms. The van der Waals surface area contributed by atoms with Gasteiger partial charge in [-0.15, -0.1) is 0 Å². The number of methoxy groups -OCH3 is 2. The second kappa shape index (κ2) is 10.4. The van der Waals surface area contributed by atoms with Crippen LogP contribution in [0.4, 0.5) is 4.39 Å². The van der Waals surface area contributed by atoms with Crippen molar-refractivity contribution in [2.24, 2.45) is 5.92 Å². The van der Waals surface area contributed by atoms with Gasteiger partial charge in [-0.25, -0.2) is 4.39 Å². The molecule has 1 spiro atoms. The molecule has 2 aliphatic rings. The van der Waals surface area contributed by atoms with Crippen LogP contribution in [0.3, 0.4) is 0 Å². The van der Waals surface area contributed by atoms with E-state index in [2.05, 4.69) is 4.98 Å². The predicted molar refractivity (Wildman–Crippen MR) is 120 cm³/mol. The maximum absolute atomic E-state index is 13.1. The number of halogens is 1. The molecular weight excluding hydrogens is 427 g/mol. The van der Waals surface area contributed by atoms with Gasteiger partial charge in [0, 0.05) is 25.8 Å². The summed E-state index contributed by atoms with van der Waals surface area (Å²) in [6.45, 7) is 2.59. The van der Waals surface area contributed by atoms with E-state index in [-0.39, 0.29) is 23.2 Å². The van der Waals surface area contributed by atoms with Crippen molar-refractivity contribution in [3.05, 3.63) is 47.8 Å². The smallest absolute Gasteiger partial charge is 0.259 e. The number of hydrogen-bond donors (Lipinski definition) is 0. The van der Waals surface area contributed by atoms with Gasteiger partial charge in [0.25, 0.3) is 5.91 Å². The highest BCUT2D eigenvalue weighted by atomic mass is 19.1. The molecule has 1 unspecified atom stereocenters. The molecule has 0 N–H and O–H groups in total. The van der Waals surface area contributed by atoms with Crippen molar-refractivity contribution in [1.82, 2.24) is 9.88 Å². The van der Waals surface area contributed by atoms with Crippen LogP contribution in [-0.4, -0.2) is 61.9 Å². The van der Waals surface area contributed by atoms with E-state index in [4.69, 9.17) is 18.9 Å². The highest BCUT2D eigenvalue weighted by Gasteiger charge is 2.41. The Balaban J connectivity index is 1.30. The van der Waals surface area contributed by atoms with E-state index in [1.165, 1.54) is 26.4 Å². The van der Waals surface area contributed by atoms with Crippen LogP contribution in [0.15, 0.2) is 36.4 Å². The van der Waals surface area contributed by atoms with Gasteiger partial charge in [0.1, 0.15) is 17.1 Å². The zero-order chi connectivity index (χ0) is 23.3. The average Bonchev–Trinajstić information content (AvgIpc) is 2.85. The zero-order valence-corrected chi connectivity index (χ0v) is 19.2. The number of amides is 1. The van der Waals surface area contributed by atoms with Crippen LogP contribution in [0.25, 0.3) is 0 Å². The molecule has 2 fully saturated rings. The van der Waals surface area contributed by atoms with Crippen molar-refractivity contribution in [2.45, 2.75) is 37.7 Å². The fourth-order valence-corrected chi connectivity index (χ4v) is 4.74. The number of likely N-dealkylation sites (tertiary alicyclic amines) is 1. The van der Waals surface area contributed by atoms with Crippen molar-refractivity contribution >= 4 is 5.91 Å². The number of nitrogens with zero attached hydrogens (tertiary/aromatic N) is 2. The summed E-state index contributed by atoms with van der Waals surface area (Å²) in [6, 6.07) is 9.49. The lowest BCUT2D eigenvalue weighted by atomic mass is 9.78. The molecule has 1 amide bonds. The van der Waals surface area contributed by atoms with Gasteiger partial charge < -0.3 is 23.8 Å². The molecule has 33 heavy (non-hydrogen) atoms. The summed E-state index contributed by atoms with van der Waals surface area (Å²) in [5.74, 6) is 1.53. The molecular formula is C25H31FN2O5. The first-order valence-corrected chi connectivity index (χ1v) is 11.4. The zero-order valence-electron chi connectivity index (χ0n) is 19.2. The maximum atomic E-state index is 13.1. The number of rotatable bonds is 7. The summed E-state index contributed by atoms with van der Waals surface area (Å²) < 4.78 is 35.5. The monoisotopic (exact) mass is 458 g/mol. The minimum absolute atomic E-state index is 0.0862. The number of carbonyl (C=O) groups excluding carboxylic acids is 1. The largest absolute Gasteiger partial charge is 0.494 e. The normalized spacial score (nSPS) is 19.8. The molecule has 7 nitrogen and oxygen atoms in total. The minimum atomic E-state index is -0.264. The van der Waals surface area contributed by atoms with Gasteiger partial charge in [0.05, 0.1) is 26.4 Å². The van der Waals surface area contributed by atoms with Crippen LogP contribution in [0, 0.1) is 11.7 Å². The molecule has 0 saturated carbocycles. The Morgan fingerprint density at radius 2 is 1.91 bits per heavy atom. The number of aromatic nitrogens is 1. The van der Waals surface area contributed by atoms with Crippen LogP contribution in [-0.2, 0) is 4.74 Å². The topological polar surface area (TPSA) is 70.1 Å². The van der Waals surface area contributed by atoms with Gasteiger partial charge in [-0.2, -0.15) is 4.98 Å². The first-order chi connectivity index (χ1) is 16.0. The Kier molecular flexibility index (Phi) is 7.33. The van der Waals surface area contributed by atoms with Crippen molar-refractivity contribution in [1.29, 1.82) is 0 Å². The van der Waals surface area contributed by atoms with Gasteiger partial charge in [-0.05, 0) is 68.4 Å². The first kappa shape index (κ1) is 23.3. The lowest BCUT2D eigenvalue weighted by molar-refractivity contribution is -0.125. The third-order valence-corrected chi connectivity index (χ3v) is 6.63. The summed E-state index contributed by atoms with van der Waals surface area (Å²) in [4.78, 5) is 19.2. The summed E-state index contributed by atoms with van der Waals surface area (Å²) in [6.07, 6.45) is 4.51. The van der Waals surface area contributed by atoms with Gasteiger partial charge in [0.15, 0.2) is 0 Å². The van der Waals surface area contributed by atoms with Gasteiger partial charge in [-0.1, -0.05) is 0 Å². The van der Waals surface area contributed by atoms with E-state index in [1.54, 1.807) is 24.3 Å². The quantitative estimate of drug-likeness (QED) is 0.622. The van der Waals surface area contributed by atoms with Crippen LogP contribution < -0.4 is 14.2 Å². The molecule has 1 atom stereocenters. The molecule has 0 aliphatic carbocycles. The molecule has 0 radical (unpaired) electrons. The number of ether oxygens (including phenoxy) is 4. The van der Waals surface area contributed by atoms with Crippen molar-refractivity contribution in [2.75, 3.05) is 40.5 Å². The Labute approximate surface area is 193 Å². The molecule has 2 aliphatic heterocycles. The third kappa shape index (κ3) is 5.55. The van der Waals surface area contributed by atoms with Gasteiger partial charge >= 0.3 is 0 Å². The second-order valence-electron chi connectivity index (χ2n) is 8.68. The van der Waals surface area contributed by atoms with E-state index >= 15 is 0 Å². The first-order valence-electron chi connectivity index (χ1n) is 11.4. The van der Waals surface area contributed by atoms with E-state index < -0.39 is 0 Å². The van der Waals surface area contributed by atoms with E-state index in [9.17, 15) is 9.18 Å². The minimum Gasteiger partial charge on any atom is -0.494 e. The number of hydrogen-bond acceptors (Lipinski definition) is 6. The molecule has 4 rings (SSSR count). The third-order valence-electron chi connectivity index (χ3n) is 6.63. The molecule has 3 heterocycles. The second-order valence-corrected chi connectivity index (χ2v) is 8.68. The van der Waals surface area contributed by atoms with Crippen LogP contribution in [0.1, 0.15) is 42.5 Å². The van der Waals surface area contributed by atoms with E-state index in [0.29, 0.717) is 42.8 Å². The van der Waals surface area contributed by atoms with Crippen LogP contribution in [0.2, 0.25) is 0 Å². The SMILES string of the molecule is COc1ccc(C(=O)N2CCC3(CC2)CC(CCOc2ccc(F)cc2)CCO3)c(OC)n1. The van der Waals surface area contributed by atoms with E-state index in [0.717, 1.165) is 38.7 Å². The molecule has 0 bridgehead atoms. The Hall–Kier alpha value is -2.87. The maximum Gasteiger partial charge on any atom is 0.259 e. The Morgan fingerprint density at radius 1 is 1.15 bits per heavy atom. The fourth-order valence-electron chi connectivity index (χ4n) is 4.74. The highest BCUT2D eigenvalue weighted by Crippen LogP contribution is 2.39. The lowest BCUT2D eigenvalue weighted by Gasteiger charge is -2.46. The molecule has 2 aromatic rings. The highest BCUT2D eigenvalue weighted by molar-refractivity contribution is 5.96. The van der Waals surface area contributed by atoms with Gasteiger partial charge in [-0.3, -0.25) is 4.79 Å². The molecule has 178 valence electrons. The number of pyridine rings is 1. The number of carbonyl (C=O) groups is 1. The molecule has 1 aromatic carbocycles. The van der Waals surface area contributed by atoms with Crippen LogP contribution in [0.5, 0.6) is 17.5 Å². The van der Waals surface area contributed by atoms with Crippen LogP contribution >= 0.6 is 0 Å². The number of benzene rings is 1. The number of piperidine rings is 1. The summed E-state index contributed by atoms with van der Waals surface area (Å²) in [5, 5.41) is 0. The average molecular weight is 459 g/mol. The molecule has 2 saturated heterocycles. The Bertz CT molecular complexity index is 944. The van der Waals surface area contributed by atoms with Crippen molar-refractivity contribution < 1.29 is 28.1 Å². The summed E-state index contributed by atoms with van der Waals surface area (Å²) in [7, 11) is 3.03. The standard InChI is InChI=1S/C25H31FN2O5/c1-30-22-8-7-21(23(27-22)31-2)24(29)28-13-11-25(12-14-28)17-18(10-16-33-25)9-15-32-20-5-3-19(26)4-6-20/h3-8,18H,9-17H2,1-2H3. The molecule has 1 aromatic heterocycles. The Morgan fingerprint density at radius 3 is 2.61 bits per heavy atom. The van der Waals surface area contributed by atoms with Gasteiger partial charge in [0.2, 0.25) is 11.8 Å². The lowest BCUT2D eigenvalue weighted by Crippen LogP contribution is -2.51. The summed E-state index contributed by atoms with van der Waals surface area (Å²) >= 11 is 0.